The lowest BCUT2D eigenvalue weighted by Gasteiger charge is -2.07. The van der Waals surface area contributed by atoms with E-state index in [0.717, 1.165) is 0 Å². The Morgan fingerprint density at radius 3 is 2.38 bits per heavy atom. The summed E-state index contributed by atoms with van der Waals surface area (Å²) >= 11 is 3.95. The lowest BCUT2D eigenvalue weighted by Crippen LogP contribution is -2.11. The van der Waals surface area contributed by atoms with Crippen LogP contribution in [0.3, 0.4) is 0 Å². The van der Waals surface area contributed by atoms with E-state index in [1.165, 1.54) is 18.2 Å². The molecule has 0 aliphatic rings. The zero-order valence-electron chi connectivity index (χ0n) is 6.60. The molecule has 5 heteroatoms. The fourth-order valence-electron chi connectivity index (χ4n) is 0.945. The van der Waals surface area contributed by atoms with Crippen LogP contribution < -0.4 is 5.73 Å². The van der Waals surface area contributed by atoms with Gasteiger partial charge >= 0.3 is 6.18 Å². The van der Waals surface area contributed by atoms with Gasteiger partial charge in [0.2, 0.25) is 0 Å². The van der Waals surface area contributed by atoms with Gasteiger partial charge in [0.1, 0.15) is 0 Å². The summed E-state index contributed by atoms with van der Waals surface area (Å²) < 4.78 is 35.7. The highest BCUT2D eigenvalue weighted by Crippen LogP contribution is 2.24. The Balaban J connectivity index is 2.86. The molecule has 0 bridgehead atoms. The van der Waals surface area contributed by atoms with Crippen LogP contribution in [-0.2, 0) is 6.42 Å². The second-order valence-corrected chi connectivity index (χ2v) is 3.17. The number of rotatable bonds is 1. The first-order valence-corrected chi connectivity index (χ1v) is 3.97. The number of nitrogens with two attached hydrogens (primary N) is 1. The minimum absolute atomic E-state index is 0.155. The maximum Gasteiger partial charge on any atom is 0.393 e. The second-order valence-electron chi connectivity index (χ2n) is 2.69. The van der Waals surface area contributed by atoms with Crippen molar-refractivity contribution in [3.8, 4) is 0 Å². The minimum Gasteiger partial charge on any atom is -0.398 e. The molecule has 0 spiro atoms. The third-order valence-electron chi connectivity index (χ3n) is 1.50. The SMILES string of the molecule is Nc1cc(CC(F)(F)F)ccc1S. The van der Waals surface area contributed by atoms with Crippen LogP contribution in [-0.4, -0.2) is 6.18 Å². The molecule has 0 amide bonds. The van der Waals surface area contributed by atoms with Crippen molar-refractivity contribution >= 4 is 18.3 Å². The average molecular weight is 207 g/mol. The molecule has 0 atom stereocenters. The first-order valence-electron chi connectivity index (χ1n) is 3.52. The molecule has 2 N–H and O–H groups in total. The van der Waals surface area contributed by atoms with Crippen LogP contribution in [0.2, 0.25) is 0 Å². The number of hydrogen-bond donors (Lipinski definition) is 2. The first kappa shape index (κ1) is 10.2. The molecular weight excluding hydrogens is 199 g/mol. The molecule has 0 unspecified atom stereocenters. The van der Waals surface area contributed by atoms with E-state index < -0.39 is 12.6 Å². The van der Waals surface area contributed by atoms with Gasteiger partial charge in [0, 0.05) is 10.6 Å². The largest absolute Gasteiger partial charge is 0.398 e. The van der Waals surface area contributed by atoms with Gasteiger partial charge in [0.15, 0.2) is 0 Å². The van der Waals surface area contributed by atoms with E-state index in [2.05, 4.69) is 12.6 Å². The highest BCUT2D eigenvalue weighted by atomic mass is 32.1. The Labute approximate surface area is 79.2 Å². The van der Waals surface area contributed by atoms with Crippen LogP contribution in [0.1, 0.15) is 5.56 Å². The number of nitrogen functional groups attached to an aromatic ring is 1. The molecule has 1 aromatic carbocycles. The van der Waals surface area contributed by atoms with Crippen molar-refractivity contribution in [1.29, 1.82) is 0 Å². The Bertz CT molecular complexity index is 309. The Morgan fingerprint density at radius 1 is 1.31 bits per heavy atom. The smallest absolute Gasteiger partial charge is 0.393 e. The Kier molecular flexibility index (Phi) is 2.75. The molecule has 1 rings (SSSR count). The molecule has 0 aliphatic carbocycles. The van der Waals surface area contributed by atoms with Gasteiger partial charge in [-0.2, -0.15) is 13.2 Å². The van der Waals surface area contributed by atoms with Crippen LogP contribution in [0.5, 0.6) is 0 Å². The van der Waals surface area contributed by atoms with Gasteiger partial charge in [-0.25, -0.2) is 0 Å². The number of hydrogen-bond acceptors (Lipinski definition) is 2. The fraction of sp³-hybridized carbons (Fsp3) is 0.250. The van der Waals surface area contributed by atoms with Gasteiger partial charge in [-0.3, -0.25) is 0 Å². The quantitative estimate of drug-likeness (QED) is 0.537. The summed E-state index contributed by atoms with van der Waals surface area (Å²) in [7, 11) is 0. The maximum absolute atomic E-state index is 11.9. The molecule has 72 valence electrons. The van der Waals surface area contributed by atoms with Crippen molar-refractivity contribution < 1.29 is 13.2 Å². The minimum atomic E-state index is -4.19. The highest BCUT2D eigenvalue weighted by Gasteiger charge is 2.27. The summed E-state index contributed by atoms with van der Waals surface area (Å²) in [5, 5.41) is 0. The van der Waals surface area contributed by atoms with Crippen molar-refractivity contribution in [2.24, 2.45) is 0 Å². The van der Waals surface area contributed by atoms with Crippen molar-refractivity contribution in [3.63, 3.8) is 0 Å². The standard InChI is InChI=1S/C8H8F3NS/c9-8(10,11)4-5-1-2-7(13)6(12)3-5/h1-3,13H,4,12H2. The Hall–Kier alpha value is -0.840. The number of thiol groups is 1. The van der Waals surface area contributed by atoms with Crippen LogP contribution in [0.4, 0.5) is 18.9 Å². The van der Waals surface area contributed by atoms with E-state index >= 15 is 0 Å². The lowest BCUT2D eigenvalue weighted by atomic mass is 10.1. The maximum atomic E-state index is 11.9. The monoisotopic (exact) mass is 207 g/mol. The summed E-state index contributed by atoms with van der Waals surface area (Å²) in [4.78, 5) is 0.492. The van der Waals surface area contributed by atoms with Crippen molar-refractivity contribution in [2.45, 2.75) is 17.5 Å². The normalized spacial score (nSPS) is 11.7. The molecule has 0 saturated heterocycles. The summed E-state index contributed by atoms with van der Waals surface area (Å²) in [5.74, 6) is 0. The van der Waals surface area contributed by atoms with Crippen LogP contribution >= 0.6 is 12.6 Å². The zero-order valence-corrected chi connectivity index (χ0v) is 7.49. The third kappa shape index (κ3) is 3.18. The molecule has 0 fully saturated rings. The average Bonchev–Trinajstić information content (AvgIpc) is 1.94. The number of benzene rings is 1. The number of halogens is 3. The fourth-order valence-corrected chi connectivity index (χ4v) is 1.08. The van der Waals surface area contributed by atoms with Crippen LogP contribution in [0.15, 0.2) is 23.1 Å². The van der Waals surface area contributed by atoms with Crippen molar-refractivity contribution in [2.75, 3.05) is 5.73 Å². The van der Waals surface area contributed by atoms with E-state index in [1.807, 2.05) is 0 Å². The number of alkyl halides is 3. The van der Waals surface area contributed by atoms with Gasteiger partial charge in [-0.15, -0.1) is 12.6 Å². The van der Waals surface area contributed by atoms with Crippen molar-refractivity contribution in [3.05, 3.63) is 23.8 Å². The van der Waals surface area contributed by atoms with Gasteiger partial charge < -0.3 is 5.73 Å². The van der Waals surface area contributed by atoms with Gasteiger partial charge in [0.05, 0.1) is 6.42 Å². The zero-order chi connectivity index (χ0) is 10.1. The second kappa shape index (κ2) is 3.49. The lowest BCUT2D eigenvalue weighted by molar-refractivity contribution is -0.127. The van der Waals surface area contributed by atoms with E-state index in [4.69, 9.17) is 5.73 Å². The molecule has 0 radical (unpaired) electrons. The predicted molar refractivity (Wildman–Crippen MR) is 47.9 cm³/mol. The summed E-state index contributed by atoms with van der Waals surface area (Å²) in [6.07, 6.45) is -5.14. The van der Waals surface area contributed by atoms with E-state index in [1.54, 1.807) is 0 Å². The highest BCUT2D eigenvalue weighted by molar-refractivity contribution is 7.80. The molecule has 1 aromatic rings. The molecule has 1 nitrogen and oxygen atoms in total. The van der Waals surface area contributed by atoms with Gasteiger partial charge in [-0.1, -0.05) is 6.07 Å². The summed E-state index contributed by atoms with van der Waals surface area (Å²) in [5.41, 5.74) is 5.82. The predicted octanol–water partition coefficient (Wildman–Crippen LogP) is 2.66. The first-order chi connectivity index (χ1) is 5.88. The Morgan fingerprint density at radius 2 is 1.92 bits per heavy atom. The van der Waals surface area contributed by atoms with Crippen LogP contribution in [0.25, 0.3) is 0 Å². The van der Waals surface area contributed by atoms with E-state index in [0.29, 0.717) is 4.90 Å². The summed E-state index contributed by atoms with van der Waals surface area (Å²) in [6.45, 7) is 0. The third-order valence-corrected chi connectivity index (χ3v) is 1.90. The molecule has 0 heterocycles. The summed E-state index contributed by atoms with van der Waals surface area (Å²) in [6, 6.07) is 4.11. The molecule has 0 saturated carbocycles. The van der Waals surface area contributed by atoms with Crippen molar-refractivity contribution in [1.82, 2.24) is 0 Å². The van der Waals surface area contributed by atoms with Crippen LogP contribution in [0, 0.1) is 0 Å². The van der Waals surface area contributed by atoms with E-state index in [9.17, 15) is 13.2 Å². The molecule has 0 aromatic heterocycles. The van der Waals surface area contributed by atoms with Gasteiger partial charge in [-0.05, 0) is 17.7 Å². The molecular formula is C8H8F3NS. The van der Waals surface area contributed by atoms with Gasteiger partial charge in [0.25, 0.3) is 0 Å². The van der Waals surface area contributed by atoms with E-state index in [-0.39, 0.29) is 11.3 Å². The topological polar surface area (TPSA) is 26.0 Å². The number of anilines is 1. The molecule has 0 aliphatic heterocycles. The molecule has 13 heavy (non-hydrogen) atoms.